The van der Waals surface area contributed by atoms with E-state index >= 15 is 0 Å². The first-order valence-corrected chi connectivity index (χ1v) is 7.65. The van der Waals surface area contributed by atoms with Gasteiger partial charge in [-0.05, 0) is 35.7 Å². The molecule has 0 atom stereocenters. The predicted molar refractivity (Wildman–Crippen MR) is 84.5 cm³/mol. The van der Waals surface area contributed by atoms with E-state index in [4.69, 9.17) is 4.74 Å². The summed E-state index contributed by atoms with van der Waals surface area (Å²) in [6.07, 6.45) is -3.94. The number of ether oxygens (including phenoxy) is 1. The van der Waals surface area contributed by atoms with Crippen LogP contribution in [0.3, 0.4) is 0 Å². The van der Waals surface area contributed by atoms with Crippen LogP contribution in [0.2, 0.25) is 0 Å². The molecule has 1 N–H and O–H groups in total. The first-order chi connectivity index (χ1) is 11.8. The number of alkyl halides is 3. The molecule has 3 rings (SSSR count). The molecule has 0 saturated carbocycles. The molecule has 0 radical (unpaired) electrons. The summed E-state index contributed by atoms with van der Waals surface area (Å²) < 4.78 is 43.5. The van der Waals surface area contributed by atoms with Gasteiger partial charge < -0.3 is 14.7 Å². The van der Waals surface area contributed by atoms with E-state index in [0.717, 1.165) is 12.1 Å². The minimum atomic E-state index is -4.43. The lowest BCUT2D eigenvalue weighted by Crippen LogP contribution is -2.37. The molecule has 7 heteroatoms. The topological polar surface area (TPSA) is 49.8 Å². The Hall–Kier alpha value is -2.70. The number of nitrogens with zero attached hydrogens (tertiary/aromatic N) is 1. The molecule has 132 valence electrons. The van der Waals surface area contributed by atoms with E-state index < -0.39 is 17.6 Å². The van der Waals surface area contributed by atoms with Crippen molar-refractivity contribution >= 4 is 5.91 Å². The van der Waals surface area contributed by atoms with Gasteiger partial charge in [0.05, 0.1) is 18.2 Å². The van der Waals surface area contributed by atoms with Crippen LogP contribution in [0.25, 0.3) is 0 Å². The number of carbonyl (C=O) groups is 1. The van der Waals surface area contributed by atoms with Crippen LogP contribution in [0, 0.1) is 0 Å². The first-order valence-electron chi connectivity index (χ1n) is 7.65. The number of phenols is 1. The average Bonchev–Trinajstić information content (AvgIpc) is 2.56. The molecule has 2 aromatic rings. The van der Waals surface area contributed by atoms with Gasteiger partial charge in [0, 0.05) is 19.2 Å². The van der Waals surface area contributed by atoms with Gasteiger partial charge in [-0.2, -0.15) is 13.2 Å². The third-order valence-electron chi connectivity index (χ3n) is 4.19. The minimum Gasteiger partial charge on any atom is -0.507 e. The van der Waals surface area contributed by atoms with Gasteiger partial charge in [0.2, 0.25) is 0 Å². The smallest absolute Gasteiger partial charge is 0.416 e. The summed E-state index contributed by atoms with van der Waals surface area (Å²) in [7, 11) is 1.46. The third kappa shape index (κ3) is 3.40. The second kappa shape index (κ2) is 6.31. The number of amides is 1. The Morgan fingerprint density at radius 3 is 2.68 bits per heavy atom. The molecule has 0 aromatic heterocycles. The van der Waals surface area contributed by atoms with Crippen LogP contribution in [0.5, 0.6) is 11.5 Å². The molecule has 1 aliphatic rings. The molecule has 0 aliphatic carbocycles. The summed E-state index contributed by atoms with van der Waals surface area (Å²) in [5, 5.41) is 10.1. The molecule has 0 bridgehead atoms. The normalized spacial score (nSPS) is 14.4. The lowest BCUT2D eigenvalue weighted by molar-refractivity contribution is -0.137. The van der Waals surface area contributed by atoms with E-state index in [0.29, 0.717) is 29.8 Å². The van der Waals surface area contributed by atoms with Crippen molar-refractivity contribution in [2.45, 2.75) is 19.1 Å². The summed E-state index contributed by atoms with van der Waals surface area (Å²) in [6.45, 7) is 0.405. The number of methoxy groups -OCH3 is 1. The molecule has 25 heavy (non-hydrogen) atoms. The largest absolute Gasteiger partial charge is 0.507 e. The van der Waals surface area contributed by atoms with Crippen molar-refractivity contribution in [1.29, 1.82) is 0 Å². The van der Waals surface area contributed by atoms with Crippen LogP contribution in [0.1, 0.15) is 27.0 Å². The van der Waals surface area contributed by atoms with Gasteiger partial charge in [0.1, 0.15) is 11.5 Å². The lowest BCUT2D eigenvalue weighted by atomic mass is 9.97. The molecular formula is C18H16F3NO3. The van der Waals surface area contributed by atoms with Gasteiger partial charge in [-0.3, -0.25) is 4.79 Å². The van der Waals surface area contributed by atoms with Crippen molar-refractivity contribution in [3.8, 4) is 11.5 Å². The maximum absolute atomic E-state index is 12.8. The third-order valence-corrected chi connectivity index (χ3v) is 4.19. The second-order valence-corrected chi connectivity index (χ2v) is 5.86. The van der Waals surface area contributed by atoms with Crippen LogP contribution in [-0.4, -0.2) is 29.6 Å². The SMILES string of the molecule is COc1cc(O)c2c(c1)CCN(Cc1cccc(C(F)(F)F)c1)C2=O. The maximum Gasteiger partial charge on any atom is 0.416 e. The molecule has 0 unspecified atom stereocenters. The number of hydrogen-bond acceptors (Lipinski definition) is 3. The highest BCUT2D eigenvalue weighted by atomic mass is 19.4. The summed E-state index contributed by atoms with van der Waals surface area (Å²) in [5.41, 5.74) is 0.489. The summed E-state index contributed by atoms with van der Waals surface area (Å²) >= 11 is 0. The summed E-state index contributed by atoms with van der Waals surface area (Å²) in [4.78, 5) is 14.1. The van der Waals surface area contributed by atoms with Crippen LogP contribution in [0.4, 0.5) is 13.2 Å². The Labute approximate surface area is 142 Å². The molecule has 0 spiro atoms. The van der Waals surface area contributed by atoms with Gasteiger partial charge in [-0.1, -0.05) is 12.1 Å². The Balaban J connectivity index is 1.86. The van der Waals surface area contributed by atoms with Crippen molar-refractivity contribution in [2.24, 2.45) is 0 Å². The monoisotopic (exact) mass is 351 g/mol. The number of halogens is 3. The fraction of sp³-hybridized carbons (Fsp3) is 0.278. The zero-order valence-electron chi connectivity index (χ0n) is 13.4. The van der Waals surface area contributed by atoms with E-state index in [1.165, 1.54) is 24.1 Å². The summed E-state index contributed by atoms with van der Waals surface area (Å²) in [5.74, 6) is -0.137. The Bertz CT molecular complexity index is 818. The number of fused-ring (bicyclic) bond motifs is 1. The van der Waals surface area contributed by atoms with Crippen LogP contribution < -0.4 is 4.74 Å². The van der Waals surface area contributed by atoms with Crippen LogP contribution in [-0.2, 0) is 19.1 Å². The van der Waals surface area contributed by atoms with Crippen LogP contribution >= 0.6 is 0 Å². The zero-order chi connectivity index (χ0) is 18.2. The highest BCUT2D eigenvalue weighted by Gasteiger charge is 2.31. The number of hydrogen-bond donors (Lipinski definition) is 1. The summed E-state index contributed by atoms with van der Waals surface area (Å²) in [6, 6.07) is 7.94. The second-order valence-electron chi connectivity index (χ2n) is 5.86. The molecule has 1 aliphatic heterocycles. The predicted octanol–water partition coefficient (Wildman–Crippen LogP) is 3.62. The standard InChI is InChI=1S/C18H16F3NO3/c1-25-14-8-12-5-6-22(17(24)16(12)15(23)9-14)10-11-3-2-4-13(7-11)18(19,20)21/h2-4,7-9,23H,5-6,10H2,1H3. The maximum atomic E-state index is 12.8. The number of phenolic OH excluding ortho intramolecular Hbond substituents is 1. The number of benzene rings is 2. The van der Waals surface area contributed by atoms with Crippen molar-refractivity contribution < 1.29 is 27.8 Å². The molecular weight excluding hydrogens is 335 g/mol. The fourth-order valence-corrected chi connectivity index (χ4v) is 2.95. The van der Waals surface area contributed by atoms with Crippen molar-refractivity contribution in [3.63, 3.8) is 0 Å². The Morgan fingerprint density at radius 2 is 2.00 bits per heavy atom. The molecule has 2 aromatic carbocycles. The molecule has 0 fully saturated rings. The van der Waals surface area contributed by atoms with Crippen molar-refractivity contribution in [2.75, 3.05) is 13.7 Å². The van der Waals surface area contributed by atoms with E-state index in [2.05, 4.69) is 0 Å². The van der Waals surface area contributed by atoms with Gasteiger partial charge >= 0.3 is 6.18 Å². The van der Waals surface area contributed by atoms with Crippen molar-refractivity contribution in [3.05, 3.63) is 58.7 Å². The lowest BCUT2D eigenvalue weighted by Gasteiger charge is -2.29. The van der Waals surface area contributed by atoms with E-state index in [1.54, 1.807) is 12.1 Å². The number of aromatic hydroxyl groups is 1. The number of carbonyl (C=O) groups excluding carboxylic acids is 1. The Morgan fingerprint density at radius 1 is 1.24 bits per heavy atom. The van der Waals surface area contributed by atoms with Gasteiger partial charge in [0.15, 0.2) is 0 Å². The molecule has 1 heterocycles. The fourth-order valence-electron chi connectivity index (χ4n) is 2.95. The highest BCUT2D eigenvalue weighted by molar-refractivity contribution is 5.99. The van der Waals surface area contributed by atoms with E-state index in [-0.39, 0.29) is 17.9 Å². The van der Waals surface area contributed by atoms with Crippen molar-refractivity contribution in [1.82, 2.24) is 4.90 Å². The number of rotatable bonds is 3. The van der Waals surface area contributed by atoms with Gasteiger partial charge in [-0.15, -0.1) is 0 Å². The quantitative estimate of drug-likeness (QED) is 0.919. The molecule has 0 saturated heterocycles. The minimum absolute atomic E-state index is 0.0493. The highest BCUT2D eigenvalue weighted by Crippen LogP contribution is 2.33. The zero-order valence-corrected chi connectivity index (χ0v) is 13.4. The Kier molecular flexibility index (Phi) is 4.32. The molecule has 1 amide bonds. The average molecular weight is 351 g/mol. The van der Waals surface area contributed by atoms with Gasteiger partial charge in [0.25, 0.3) is 5.91 Å². The first kappa shape index (κ1) is 17.1. The molecule has 4 nitrogen and oxygen atoms in total. The van der Waals surface area contributed by atoms with Gasteiger partial charge in [-0.25, -0.2) is 0 Å². The van der Waals surface area contributed by atoms with E-state index in [1.807, 2.05) is 0 Å². The van der Waals surface area contributed by atoms with E-state index in [9.17, 15) is 23.1 Å². The van der Waals surface area contributed by atoms with Crippen LogP contribution in [0.15, 0.2) is 36.4 Å².